The van der Waals surface area contributed by atoms with Crippen LogP contribution < -0.4 is 0 Å². The van der Waals surface area contributed by atoms with Crippen LogP contribution in [0.5, 0.6) is 0 Å². The van der Waals surface area contributed by atoms with Crippen molar-refractivity contribution < 1.29 is 8.42 Å². The first-order valence-corrected chi connectivity index (χ1v) is 11.5. The molecule has 1 fully saturated rings. The van der Waals surface area contributed by atoms with Crippen molar-refractivity contribution in [1.82, 2.24) is 9.21 Å². The second kappa shape index (κ2) is 10.0. The van der Waals surface area contributed by atoms with Crippen LogP contribution in [0.1, 0.15) is 24.0 Å². The molecule has 1 saturated heterocycles. The maximum Gasteiger partial charge on any atom is 0.236 e. The summed E-state index contributed by atoms with van der Waals surface area (Å²) in [5, 5.41) is 1.36. The third kappa shape index (κ3) is 6.30. The second-order valence-electron chi connectivity index (χ2n) is 7.62. The summed E-state index contributed by atoms with van der Waals surface area (Å²) < 4.78 is 27.9. The van der Waals surface area contributed by atoms with E-state index < -0.39 is 10.0 Å². The van der Waals surface area contributed by atoms with Gasteiger partial charge in [0.15, 0.2) is 0 Å². The minimum absolute atomic E-state index is 0.384. The van der Waals surface area contributed by atoms with E-state index in [1.54, 1.807) is 10.4 Å². The van der Waals surface area contributed by atoms with Crippen LogP contribution >= 0.6 is 0 Å². The molecule has 0 aliphatic carbocycles. The van der Waals surface area contributed by atoms with Gasteiger partial charge in [-0.3, -0.25) is 0 Å². The van der Waals surface area contributed by atoms with E-state index in [0.717, 1.165) is 43.5 Å². The summed E-state index contributed by atoms with van der Waals surface area (Å²) in [5.74, 6) is 0.384. The Morgan fingerprint density at radius 2 is 1.75 bits per heavy atom. The van der Waals surface area contributed by atoms with Crippen LogP contribution in [-0.4, -0.2) is 50.8 Å². The molecule has 28 heavy (non-hydrogen) atoms. The van der Waals surface area contributed by atoms with Gasteiger partial charge in [0, 0.05) is 25.0 Å². The Kier molecular flexibility index (Phi) is 7.43. The van der Waals surface area contributed by atoms with Gasteiger partial charge in [0.05, 0.1) is 0 Å². The summed E-state index contributed by atoms with van der Waals surface area (Å²) in [6.45, 7) is 3.14. The van der Waals surface area contributed by atoms with Gasteiger partial charge < -0.3 is 4.90 Å². The van der Waals surface area contributed by atoms with Crippen molar-refractivity contribution in [3.63, 3.8) is 0 Å². The van der Waals surface area contributed by atoms with E-state index >= 15 is 0 Å². The molecule has 1 aliphatic heterocycles. The fourth-order valence-electron chi connectivity index (χ4n) is 3.75. The maximum atomic E-state index is 13.1. The lowest BCUT2D eigenvalue weighted by Crippen LogP contribution is -2.41. The van der Waals surface area contributed by atoms with Gasteiger partial charge in [0.2, 0.25) is 10.0 Å². The van der Waals surface area contributed by atoms with Gasteiger partial charge in [-0.25, -0.2) is 8.42 Å². The standard InChI is InChI=1S/C23H30N2O2S/c1-24-16-8-13-23(19-24)20-25(17-14-21-9-4-2-5-10-21)28(26,27)18-15-22-11-6-3-7-12-22/h2-7,9-12,15,18,23H,8,13-14,16-17,19-20H2,1H3/b18-15+. The lowest BCUT2D eigenvalue weighted by molar-refractivity contribution is 0.186. The van der Waals surface area contributed by atoms with E-state index in [9.17, 15) is 8.42 Å². The Morgan fingerprint density at radius 3 is 2.43 bits per heavy atom. The average molecular weight is 399 g/mol. The molecule has 1 heterocycles. The SMILES string of the molecule is CN1CCCC(CN(CCc2ccccc2)S(=O)(=O)/C=C/c2ccccc2)C1. The van der Waals surface area contributed by atoms with Crippen LogP contribution in [0.4, 0.5) is 0 Å². The van der Waals surface area contributed by atoms with Crippen LogP contribution in [-0.2, 0) is 16.4 Å². The molecule has 0 saturated carbocycles. The van der Waals surface area contributed by atoms with Crippen molar-refractivity contribution in [3.8, 4) is 0 Å². The normalized spacial score (nSPS) is 18.7. The van der Waals surface area contributed by atoms with Crippen molar-refractivity contribution in [2.45, 2.75) is 19.3 Å². The number of sulfonamides is 1. The minimum Gasteiger partial charge on any atom is -0.306 e. The van der Waals surface area contributed by atoms with E-state index in [1.807, 2.05) is 48.5 Å². The van der Waals surface area contributed by atoms with Gasteiger partial charge in [-0.15, -0.1) is 0 Å². The summed E-state index contributed by atoms with van der Waals surface area (Å²) in [4.78, 5) is 2.30. The van der Waals surface area contributed by atoms with E-state index in [1.165, 1.54) is 5.41 Å². The molecule has 0 radical (unpaired) electrons. The predicted molar refractivity (Wildman–Crippen MR) is 116 cm³/mol. The van der Waals surface area contributed by atoms with Crippen molar-refractivity contribution in [3.05, 3.63) is 77.2 Å². The Balaban J connectivity index is 1.74. The van der Waals surface area contributed by atoms with Crippen molar-refractivity contribution in [1.29, 1.82) is 0 Å². The number of benzene rings is 2. The molecule has 0 amide bonds. The fraction of sp³-hybridized carbons (Fsp3) is 0.391. The monoisotopic (exact) mass is 398 g/mol. The molecule has 1 aliphatic rings. The molecule has 150 valence electrons. The number of hydrogen-bond donors (Lipinski definition) is 0. The van der Waals surface area contributed by atoms with Gasteiger partial charge in [0.25, 0.3) is 0 Å². The van der Waals surface area contributed by atoms with Gasteiger partial charge in [0.1, 0.15) is 0 Å². The molecular formula is C23H30N2O2S. The molecule has 0 bridgehead atoms. The summed E-state index contributed by atoms with van der Waals surface area (Å²) >= 11 is 0. The highest BCUT2D eigenvalue weighted by molar-refractivity contribution is 7.92. The third-order valence-corrected chi connectivity index (χ3v) is 6.80. The van der Waals surface area contributed by atoms with Gasteiger partial charge in [-0.05, 0) is 56.0 Å². The molecule has 1 unspecified atom stereocenters. The van der Waals surface area contributed by atoms with E-state index in [4.69, 9.17) is 0 Å². The van der Waals surface area contributed by atoms with Crippen molar-refractivity contribution in [2.24, 2.45) is 5.92 Å². The lowest BCUT2D eigenvalue weighted by Gasteiger charge is -2.33. The first-order chi connectivity index (χ1) is 13.5. The zero-order chi connectivity index (χ0) is 19.8. The van der Waals surface area contributed by atoms with Crippen LogP contribution in [0.3, 0.4) is 0 Å². The largest absolute Gasteiger partial charge is 0.306 e. The van der Waals surface area contributed by atoms with Crippen molar-refractivity contribution in [2.75, 3.05) is 33.2 Å². The van der Waals surface area contributed by atoms with E-state index in [-0.39, 0.29) is 0 Å². The maximum absolute atomic E-state index is 13.1. The predicted octanol–water partition coefficient (Wildman–Crippen LogP) is 3.87. The zero-order valence-electron chi connectivity index (χ0n) is 16.6. The molecule has 5 heteroatoms. The number of hydrogen-bond acceptors (Lipinski definition) is 3. The van der Waals surface area contributed by atoms with Crippen molar-refractivity contribution >= 4 is 16.1 Å². The molecule has 0 aromatic heterocycles. The summed E-state index contributed by atoms with van der Waals surface area (Å²) in [6, 6.07) is 19.7. The molecule has 2 aromatic rings. The first-order valence-electron chi connectivity index (χ1n) is 9.99. The minimum atomic E-state index is -3.47. The van der Waals surface area contributed by atoms with Crippen LogP contribution in [0.2, 0.25) is 0 Å². The Hall–Kier alpha value is -1.95. The van der Waals surface area contributed by atoms with Crippen LogP contribution in [0.15, 0.2) is 66.1 Å². The van der Waals surface area contributed by atoms with Gasteiger partial charge in [-0.1, -0.05) is 60.7 Å². The lowest BCUT2D eigenvalue weighted by atomic mass is 9.98. The molecule has 3 rings (SSSR count). The summed E-state index contributed by atoms with van der Waals surface area (Å²) in [6.07, 6.45) is 4.64. The quantitative estimate of drug-likeness (QED) is 0.678. The smallest absolute Gasteiger partial charge is 0.236 e. The highest BCUT2D eigenvalue weighted by Crippen LogP contribution is 2.19. The zero-order valence-corrected chi connectivity index (χ0v) is 17.4. The summed E-state index contributed by atoms with van der Waals surface area (Å²) in [5.41, 5.74) is 2.06. The van der Waals surface area contributed by atoms with E-state index in [2.05, 4.69) is 24.1 Å². The average Bonchev–Trinajstić information content (AvgIpc) is 2.71. The highest BCUT2D eigenvalue weighted by Gasteiger charge is 2.25. The highest BCUT2D eigenvalue weighted by atomic mass is 32.2. The Labute approximate surface area is 169 Å². The molecule has 0 spiro atoms. The number of rotatable bonds is 8. The number of piperidine rings is 1. The van der Waals surface area contributed by atoms with Crippen LogP contribution in [0.25, 0.3) is 6.08 Å². The molecule has 1 atom stereocenters. The first kappa shape index (κ1) is 20.8. The Morgan fingerprint density at radius 1 is 1.07 bits per heavy atom. The number of nitrogens with zero attached hydrogens (tertiary/aromatic N) is 2. The molecule has 4 nitrogen and oxygen atoms in total. The third-order valence-electron chi connectivity index (χ3n) is 5.27. The molecule has 2 aromatic carbocycles. The van der Waals surface area contributed by atoms with E-state index in [0.29, 0.717) is 19.0 Å². The van der Waals surface area contributed by atoms with Gasteiger partial charge >= 0.3 is 0 Å². The number of likely N-dealkylation sites (tertiary alicyclic amines) is 1. The topological polar surface area (TPSA) is 40.6 Å². The van der Waals surface area contributed by atoms with Gasteiger partial charge in [-0.2, -0.15) is 4.31 Å². The molecular weight excluding hydrogens is 368 g/mol. The second-order valence-corrected chi connectivity index (χ2v) is 9.44. The Bertz CT molecular complexity index is 851. The fourth-order valence-corrected chi connectivity index (χ4v) is 5.01. The molecule has 0 N–H and O–H groups in total. The summed E-state index contributed by atoms with van der Waals surface area (Å²) in [7, 11) is -1.36. The van der Waals surface area contributed by atoms with Crippen LogP contribution in [0, 0.1) is 5.92 Å².